The maximum Gasteiger partial charge on any atom is 0.274 e. The first-order valence-electron chi connectivity index (χ1n) is 7.56. The van der Waals surface area contributed by atoms with Crippen LogP contribution in [0.15, 0.2) is 47.3 Å². The van der Waals surface area contributed by atoms with E-state index in [-0.39, 0.29) is 5.56 Å². The van der Waals surface area contributed by atoms with Crippen LogP contribution in [0.3, 0.4) is 0 Å². The van der Waals surface area contributed by atoms with E-state index in [4.69, 9.17) is 11.6 Å². The lowest BCUT2D eigenvalue weighted by Crippen LogP contribution is -2.19. The first kappa shape index (κ1) is 16.2. The zero-order chi connectivity index (χ0) is 17.1. The van der Waals surface area contributed by atoms with Gasteiger partial charge in [0.05, 0.1) is 0 Å². The number of H-pyrrole nitrogens is 1. The van der Waals surface area contributed by atoms with Crippen LogP contribution in [0.25, 0.3) is 0 Å². The van der Waals surface area contributed by atoms with Gasteiger partial charge in [0.2, 0.25) is 5.95 Å². The number of nitrogens with one attached hydrogen (secondary N) is 2. The summed E-state index contributed by atoms with van der Waals surface area (Å²) in [5.74, 6) is 0.331. The van der Waals surface area contributed by atoms with Crippen molar-refractivity contribution in [2.45, 2.75) is 20.3 Å². The molecule has 24 heavy (non-hydrogen) atoms. The van der Waals surface area contributed by atoms with Crippen molar-refractivity contribution in [2.24, 2.45) is 0 Å². The molecule has 0 aliphatic heterocycles. The minimum Gasteiger partial charge on any atom is -0.324 e. The molecule has 0 saturated heterocycles. The van der Waals surface area contributed by atoms with Gasteiger partial charge < -0.3 is 5.32 Å². The lowest BCUT2D eigenvalue weighted by Gasteiger charge is -2.11. The molecule has 1 aromatic heterocycles. The van der Waals surface area contributed by atoms with E-state index in [0.717, 1.165) is 22.4 Å². The molecule has 2 aromatic carbocycles. The van der Waals surface area contributed by atoms with Crippen molar-refractivity contribution in [2.75, 3.05) is 5.32 Å². The quantitative estimate of drug-likeness (QED) is 0.758. The topological polar surface area (TPSA) is 70.7 Å². The molecule has 0 unspecified atom stereocenters. The van der Waals surface area contributed by atoms with Gasteiger partial charge in [-0.3, -0.25) is 9.78 Å². The van der Waals surface area contributed by atoms with E-state index in [0.29, 0.717) is 23.1 Å². The van der Waals surface area contributed by atoms with Gasteiger partial charge in [0, 0.05) is 17.1 Å². The molecule has 0 aliphatic rings. The third-order valence-corrected chi connectivity index (χ3v) is 4.03. The Bertz CT molecular complexity index is 899. The van der Waals surface area contributed by atoms with Gasteiger partial charge in [-0.15, -0.1) is 10.2 Å². The molecule has 5 nitrogen and oxygen atoms in total. The van der Waals surface area contributed by atoms with Crippen molar-refractivity contribution >= 4 is 23.2 Å². The van der Waals surface area contributed by atoms with Crippen molar-refractivity contribution in [1.82, 2.24) is 15.2 Å². The molecule has 0 bridgehead atoms. The first-order chi connectivity index (χ1) is 11.5. The molecule has 1 heterocycles. The highest BCUT2D eigenvalue weighted by Gasteiger charge is 2.08. The summed E-state index contributed by atoms with van der Waals surface area (Å²) in [5.41, 5.74) is 4.13. The van der Waals surface area contributed by atoms with E-state index in [9.17, 15) is 4.79 Å². The number of aryl methyl sites for hydroxylation is 2. The van der Waals surface area contributed by atoms with Crippen LogP contribution < -0.4 is 10.9 Å². The van der Waals surface area contributed by atoms with Gasteiger partial charge in [-0.2, -0.15) is 0 Å². The molecule has 3 aromatic rings. The van der Waals surface area contributed by atoms with E-state index in [1.165, 1.54) is 0 Å². The SMILES string of the molecule is Cc1cccc(C)c1Nc1nnc(Cc2ccc(Cl)cc2)c(=O)[nH]1. The van der Waals surface area contributed by atoms with E-state index >= 15 is 0 Å². The summed E-state index contributed by atoms with van der Waals surface area (Å²) in [6.07, 6.45) is 0.406. The number of para-hydroxylation sites is 1. The third kappa shape index (κ3) is 3.63. The van der Waals surface area contributed by atoms with E-state index in [1.807, 2.05) is 44.2 Å². The predicted octanol–water partition coefficient (Wildman–Crippen LogP) is 3.77. The molecular weight excluding hydrogens is 324 g/mol. The van der Waals surface area contributed by atoms with Crippen LogP contribution in [0.5, 0.6) is 0 Å². The average Bonchev–Trinajstić information content (AvgIpc) is 2.55. The summed E-state index contributed by atoms with van der Waals surface area (Å²) in [5, 5.41) is 11.9. The van der Waals surface area contributed by atoms with Crippen LogP contribution in [0.1, 0.15) is 22.4 Å². The highest BCUT2D eigenvalue weighted by atomic mass is 35.5. The largest absolute Gasteiger partial charge is 0.324 e. The van der Waals surface area contributed by atoms with Crippen molar-refractivity contribution in [1.29, 1.82) is 0 Å². The molecule has 0 radical (unpaired) electrons. The summed E-state index contributed by atoms with van der Waals surface area (Å²) in [6, 6.07) is 13.3. The van der Waals surface area contributed by atoms with Gasteiger partial charge in [-0.05, 0) is 42.7 Å². The minimum atomic E-state index is -0.256. The third-order valence-electron chi connectivity index (χ3n) is 3.77. The maximum absolute atomic E-state index is 12.2. The minimum absolute atomic E-state index is 0.256. The summed E-state index contributed by atoms with van der Waals surface area (Å²) >= 11 is 5.87. The Kier molecular flexibility index (Phi) is 4.62. The van der Waals surface area contributed by atoms with Crippen LogP contribution in [0.2, 0.25) is 5.02 Å². The lowest BCUT2D eigenvalue weighted by molar-refractivity contribution is 0.873. The normalized spacial score (nSPS) is 10.6. The van der Waals surface area contributed by atoms with Crippen molar-refractivity contribution in [3.63, 3.8) is 0 Å². The number of rotatable bonds is 4. The second-order valence-electron chi connectivity index (χ2n) is 5.64. The number of hydrogen-bond acceptors (Lipinski definition) is 4. The molecular formula is C18H17ClN4O. The first-order valence-corrected chi connectivity index (χ1v) is 7.94. The molecule has 6 heteroatoms. The number of benzene rings is 2. The molecule has 0 atom stereocenters. The van der Waals surface area contributed by atoms with Gasteiger partial charge in [0.25, 0.3) is 5.56 Å². The Hall–Kier alpha value is -2.66. The standard InChI is InChI=1S/C18H17ClN4O/c1-11-4-3-5-12(2)16(11)20-18-21-17(24)15(22-23-18)10-13-6-8-14(19)9-7-13/h3-9H,10H2,1-2H3,(H2,20,21,23,24). The Morgan fingerprint density at radius 2 is 1.71 bits per heavy atom. The van der Waals surface area contributed by atoms with Crippen LogP contribution in [-0.2, 0) is 6.42 Å². The number of halogens is 1. The van der Waals surface area contributed by atoms with Crippen molar-refractivity contribution < 1.29 is 0 Å². The van der Waals surface area contributed by atoms with E-state index < -0.39 is 0 Å². The smallest absolute Gasteiger partial charge is 0.274 e. The van der Waals surface area contributed by atoms with Gasteiger partial charge in [0.15, 0.2) is 0 Å². The summed E-state index contributed by atoms with van der Waals surface area (Å²) in [6.45, 7) is 3.99. The van der Waals surface area contributed by atoms with Crippen molar-refractivity contribution in [3.05, 3.63) is 80.2 Å². The van der Waals surface area contributed by atoms with Gasteiger partial charge in [-0.25, -0.2) is 0 Å². The fourth-order valence-electron chi connectivity index (χ4n) is 2.46. The monoisotopic (exact) mass is 340 g/mol. The number of nitrogens with zero attached hydrogens (tertiary/aromatic N) is 2. The fraction of sp³-hybridized carbons (Fsp3) is 0.167. The predicted molar refractivity (Wildman–Crippen MR) is 96.1 cm³/mol. The molecule has 0 saturated carbocycles. The number of hydrogen-bond donors (Lipinski definition) is 2. The van der Waals surface area contributed by atoms with Crippen LogP contribution in [0.4, 0.5) is 11.6 Å². The zero-order valence-corrected chi connectivity index (χ0v) is 14.2. The Balaban J connectivity index is 1.82. The van der Waals surface area contributed by atoms with Gasteiger partial charge in [0.1, 0.15) is 5.69 Å². The Labute approximate surface area is 144 Å². The zero-order valence-electron chi connectivity index (χ0n) is 13.4. The summed E-state index contributed by atoms with van der Waals surface area (Å²) < 4.78 is 0. The second-order valence-corrected chi connectivity index (χ2v) is 6.08. The molecule has 0 fully saturated rings. The molecule has 0 aliphatic carbocycles. The number of aromatic amines is 1. The van der Waals surface area contributed by atoms with Crippen molar-refractivity contribution in [3.8, 4) is 0 Å². The number of anilines is 2. The van der Waals surface area contributed by atoms with E-state index in [1.54, 1.807) is 12.1 Å². The van der Waals surface area contributed by atoms with E-state index in [2.05, 4.69) is 20.5 Å². The van der Waals surface area contributed by atoms with Crippen LogP contribution in [-0.4, -0.2) is 15.2 Å². The Morgan fingerprint density at radius 1 is 1.04 bits per heavy atom. The highest BCUT2D eigenvalue weighted by Crippen LogP contribution is 2.21. The highest BCUT2D eigenvalue weighted by molar-refractivity contribution is 6.30. The van der Waals surface area contributed by atoms with Crippen LogP contribution >= 0.6 is 11.6 Å². The molecule has 3 rings (SSSR count). The summed E-state index contributed by atoms with van der Waals surface area (Å²) in [7, 11) is 0. The molecule has 2 N–H and O–H groups in total. The summed E-state index contributed by atoms with van der Waals surface area (Å²) in [4.78, 5) is 15.0. The number of aromatic nitrogens is 3. The average molecular weight is 341 g/mol. The maximum atomic E-state index is 12.2. The molecule has 122 valence electrons. The fourth-order valence-corrected chi connectivity index (χ4v) is 2.58. The lowest BCUT2D eigenvalue weighted by atomic mass is 10.1. The van der Waals surface area contributed by atoms with Gasteiger partial charge in [-0.1, -0.05) is 41.9 Å². The molecule has 0 amide bonds. The molecule has 0 spiro atoms. The second kappa shape index (κ2) is 6.84. The van der Waals surface area contributed by atoms with Gasteiger partial charge >= 0.3 is 0 Å². The Morgan fingerprint density at radius 3 is 2.33 bits per heavy atom. The van der Waals surface area contributed by atoms with Crippen LogP contribution in [0, 0.1) is 13.8 Å².